The van der Waals surface area contributed by atoms with Gasteiger partial charge in [0.25, 0.3) is 0 Å². The van der Waals surface area contributed by atoms with E-state index >= 15 is 0 Å². The number of esters is 1. The van der Waals surface area contributed by atoms with Crippen molar-refractivity contribution in [1.29, 1.82) is 0 Å². The van der Waals surface area contributed by atoms with Gasteiger partial charge >= 0.3 is 5.97 Å². The fraction of sp³-hybridized carbons (Fsp3) is 0.846. The Morgan fingerprint density at radius 2 is 1.94 bits per heavy atom. The molecule has 0 spiro atoms. The second kappa shape index (κ2) is 5.52. The van der Waals surface area contributed by atoms with Crippen molar-refractivity contribution in [1.82, 2.24) is 4.90 Å². The van der Waals surface area contributed by atoms with Gasteiger partial charge in [-0.15, -0.1) is 0 Å². The van der Waals surface area contributed by atoms with Crippen LogP contribution >= 0.6 is 0 Å². The van der Waals surface area contributed by atoms with Gasteiger partial charge in [-0.3, -0.25) is 4.79 Å². The lowest BCUT2D eigenvalue weighted by Crippen LogP contribution is -2.45. The number of hydrogen-bond donors (Lipinski definition) is 0. The van der Waals surface area contributed by atoms with E-state index in [-0.39, 0.29) is 11.9 Å². The molecule has 1 rings (SSSR count). The summed E-state index contributed by atoms with van der Waals surface area (Å²) in [4.78, 5) is 25.4. The van der Waals surface area contributed by atoms with Crippen molar-refractivity contribution in [2.24, 2.45) is 0 Å². The van der Waals surface area contributed by atoms with Crippen molar-refractivity contribution < 1.29 is 14.3 Å². The quantitative estimate of drug-likeness (QED) is 0.696. The second-order valence-corrected chi connectivity index (χ2v) is 5.61. The fourth-order valence-electron chi connectivity index (χ4n) is 1.93. The summed E-state index contributed by atoms with van der Waals surface area (Å²) in [5.41, 5.74) is -0.500. The van der Waals surface area contributed by atoms with Gasteiger partial charge < -0.3 is 9.64 Å². The molecule has 0 bridgehead atoms. The molecule has 1 amide bonds. The van der Waals surface area contributed by atoms with Crippen molar-refractivity contribution >= 4 is 11.9 Å². The summed E-state index contributed by atoms with van der Waals surface area (Å²) in [7, 11) is 0. The minimum absolute atomic E-state index is 0.0702. The first kappa shape index (κ1) is 14.0. The number of carbonyl (C=O) groups is 2. The average molecular weight is 241 g/mol. The van der Waals surface area contributed by atoms with Gasteiger partial charge in [-0.2, -0.15) is 0 Å². The summed E-state index contributed by atoms with van der Waals surface area (Å²) in [6.07, 6.45) is 3.51. The molecule has 1 fully saturated rings. The summed E-state index contributed by atoms with van der Waals surface area (Å²) in [6, 6.07) is -0.472. The van der Waals surface area contributed by atoms with Crippen molar-refractivity contribution in [2.45, 2.75) is 65.0 Å². The molecule has 0 N–H and O–H groups in total. The third-order valence-corrected chi connectivity index (χ3v) is 2.83. The smallest absolute Gasteiger partial charge is 0.329 e. The van der Waals surface area contributed by atoms with Gasteiger partial charge in [0.2, 0.25) is 5.91 Å². The van der Waals surface area contributed by atoms with Crippen LogP contribution in [0, 0.1) is 0 Å². The lowest BCUT2D eigenvalue weighted by molar-refractivity contribution is -0.163. The maximum atomic E-state index is 11.9. The number of amides is 1. The highest BCUT2D eigenvalue weighted by atomic mass is 16.6. The summed E-state index contributed by atoms with van der Waals surface area (Å²) >= 11 is 0. The number of likely N-dealkylation sites (tertiary alicyclic amines) is 1. The predicted molar refractivity (Wildman–Crippen MR) is 65.5 cm³/mol. The second-order valence-electron chi connectivity index (χ2n) is 5.61. The summed E-state index contributed by atoms with van der Waals surface area (Å²) in [6.45, 7) is 7.92. The number of ether oxygens (including phenoxy) is 1. The van der Waals surface area contributed by atoms with E-state index in [0.29, 0.717) is 13.0 Å². The molecule has 98 valence electrons. The molecule has 0 aromatic heterocycles. The Morgan fingerprint density at radius 1 is 1.29 bits per heavy atom. The van der Waals surface area contributed by atoms with Gasteiger partial charge in [-0.05, 0) is 40.5 Å². The van der Waals surface area contributed by atoms with Crippen molar-refractivity contribution in [3.05, 3.63) is 0 Å². The first-order chi connectivity index (χ1) is 7.81. The molecule has 1 atom stereocenters. The molecule has 0 saturated carbocycles. The molecule has 4 nitrogen and oxygen atoms in total. The van der Waals surface area contributed by atoms with E-state index in [2.05, 4.69) is 0 Å². The van der Waals surface area contributed by atoms with Gasteiger partial charge in [0.1, 0.15) is 11.6 Å². The van der Waals surface area contributed by atoms with E-state index < -0.39 is 11.6 Å². The summed E-state index contributed by atoms with van der Waals surface area (Å²) in [5, 5.41) is 0. The summed E-state index contributed by atoms with van der Waals surface area (Å²) in [5.74, 6) is -0.242. The van der Waals surface area contributed by atoms with Gasteiger partial charge in [-0.25, -0.2) is 4.79 Å². The minimum atomic E-state index is -0.500. The maximum Gasteiger partial charge on any atom is 0.329 e. The zero-order chi connectivity index (χ0) is 13.1. The van der Waals surface area contributed by atoms with E-state index in [1.54, 1.807) is 11.8 Å². The van der Waals surface area contributed by atoms with Crippen LogP contribution in [0.1, 0.15) is 53.4 Å². The molecule has 1 heterocycles. The zero-order valence-corrected chi connectivity index (χ0v) is 11.3. The Morgan fingerprint density at radius 3 is 2.53 bits per heavy atom. The number of nitrogens with zero attached hydrogens (tertiary/aromatic N) is 1. The molecular weight excluding hydrogens is 218 g/mol. The Kier molecular flexibility index (Phi) is 4.54. The van der Waals surface area contributed by atoms with Gasteiger partial charge in [-0.1, -0.05) is 6.42 Å². The van der Waals surface area contributed by atoms with Crippen LogP contribution in [0.25, 0.3) is 0 Å². The van der Waals surface area contributed by atoms with Crippen LogP contribution in [0.2, 0.25) is 0 Å². The third-order valence-electron chi connectivity index (χ3n) is 2.83. The largest absolute Gasteiger partial charge is 0.458 e. The highest BCUT2D eigenvalue weighted by Crippen LogP contribution is 2.16. The van der Waals surface area contributed by atoms with Gasteiger partial charge in [0.15, 0.2) is 0 Å². The normalized spacial score (nSPS) is 19.8. The molecule has 1 aliphatic heterocycles. The Labute approximate surface area is 103 Å². The van der Waals surface area contributed by atoms with Crippen LogP contribution in [0.4, 0.5) is 0 Å². The molecule has 0 aliphatic carbocycles. The number of rotatable bonds is 2. The van der Waals surface area contributed by atoms with E-state index in [0.717, 1.165) is 19.3 Å². The van der Waals surface area contributed by atoms with E-state index in [9.17, 15) is 9.59 Å². The maximum absolute atomic E-state index is 11.9. The molecule has 4 heteroatoms. The molecule has 0 aromatic rings. The first-order valence-electron chi connectivity index (χ1n) is 6.33. The first-order valence-corrected chi connectivity index (χ1v) is 6.33. The lowest BCUT2D eigenvalue weighted by Gasteiger charge is -2.29. The predicted octanol–water partition coefficient (Wildman–Crippen LogP) is 2.12. The monoisotopic (exact) mass is 241 g/mol. The number of carbonyl (C=O) groups excluding carboxylic acids is 2. The topological polar surface area (TPSA) is 46.6 Å². The van der Waals surface area contributed by atoms with Crippen molar-refractivity contribution in [2.75, 3.05) is 6.54 Å². The molecule has 0 radical (unpaired) electrons. The molecule has 0 aromatic carbocycles. The fourth-order valence-corrected chi connectivity index (χ4v) is 1.93. The molecule has 1 saturated heterocycles. The van der Waals surface area contributed by atoms with Gasteiger partial charge in [0.05, 0.1) is 0 Å². The van der Waals surface area contributed by atoms with E-state index in [4.69, 9.17) is 4.74 Å². The average Bonchev–Trinajstić information content (AvgIpc) is 2.39. The Balaban J connectivity index is 2.63. The van der Waals surface area contributed by atoms with Crippen molar-refractivity contribution in [3.8, 4) is 0 Å². The van der Waals surface area contributed by atoms with Crippen LogP contribution in [-0.2, 0) is 14.3 Å². The molecule has 1 unspecified atom stereocenters. The zero-order valence-electron chi connectivity index (χ0n) is 11.3. The Bertz CT molecular complexity index is 294. The van der Waals surface area contributed by atoms with Crippen LogP contribution in [-0.4, -0.2) is 35.0 Å². The van der Waals surface area contributed by atoms with E-state index in [1.807, 2.05) is 20.8 Å². The SMILES string of the molecule is CC(C(=O)OC(C)(C)C)N1CCCCCC1=O. The molecule has 17 heavy (non-hydrogen) atoms. The van der Waals surface area contributed by atoms with Crippen LogP contribution < -0.4 is 0 Å². The lowest BCUT2D eigenvalue weighted by atomic mass is 10.2. The van der Waals surface area contributed by atoms with Crippen LogP contribution in [0.15, 0.2) is 0 Å². The summed E-state index contributed by atoms with van der Waals surface area (Å²) < 4.78 is 5.31. The molecular formula is C13H23NO3. The standard InChI is InChI=1S/C13H23NO3/c1-10(12(16)17-13(2,3)4)14-9-7-5-6-8-11(14)15/h10H,5-9H2,1-4H3. The van der Waals surface area contributed by atoms with Crippen LogP contribution in [0.3, 0.4) is 0 Å². The van der Waals surface area contributed by atoms with Crippen molar-refractivity contribution in [3.63, 3.8) is 0 Å². The minimum Gasteiger partial charge on any atom is -0.458 e. The Hall–Kier alpha value is -1.06. The molecule has 1 aliphatic rings. The van der Waals surface area contributed by atoms with E-state index in [1.165, 1.54) is 0 Å². The highest BCUT2D eigenvalue weighted by molar-refractivity contribution is 5.84. The highest BCUT2D eigenvalue weighted by Gasteiger charge is 2.30. The number of hydrogen-bond acceptors (Lipinski definition) is 3. The third kappa shape index (κ3) is 4.36. The van der Waals surface area contributed by atoms with Crippen LogP contribution in [0.5, 0.6) is 0 Å². The van der Waals surface area contributed by atoms with Gasteiger partial charge in [0, 0.05) is 13.0 Å².